The first-order chi connectivity index (χ1) is 12.7. The molecule has 0 heterocycles. The Balaban J connectivity index is 2.05. The number of halogens is 2. The van der Waals surface area contributed by atoms with E-state index in [0.29, 0.717) is 0 Å². The minimum Gasteiger partial charge on any atom is -0.462 e. The fourth-order valence-corrected chi connectivity index (χ4v) is 4.13. The number of esters is 1. The number of carbonyl (C=O) groups excluding carboxylic acids is 2. The lowest BCUT2D eigenvalue weighted by atomic mass is 10.2. The monoisotopic (exact) mass is 458 g/mol. The van der Waals surface area contributed by atoms with E-state index in [2.05, 4.69) is 26.0 Å². The van der Waals surface area contributed by atoms with Crippen LogP contribution in [0.25, 0.3) is 0 Å². The van der Waals surface area contributed by atoms with E-state index < -0.39 is 34.3 Å². The summed E-state index contributed by atoms with van der Waals surface area (Å²) in [5, 5.41) is 2.38. The summed E-state index contributed by atoms with van der Waals surface area (Å²) in [6.07, 6.45) is 0. The third kappa shape index (κ3) is 5.84. The molecule has 10 heteroatoms. The number of hydrogen-bond acceptors (Lipinski definition) is 5. The Bertz CT molecular complexity index is 966. The molecule has 7 nitrogen and oxygen atoms in total. The highest BCUT2D eigenvalue weighted by Gasteiger charge is 2.20. The zero-order valence-electron chi connectivity index (χ0n) is 14.2. The normalized spacial score (nSPS) is 11.1. The zero-order valence-corrected chi connectivity index (χ0v) is 16.6. The molecular weight excluding hydrogens is 443 g/mol. The van der Waals surface area contributed by atoms with Gasteiger partial charge in [0.25, 0.3) is 0 Å². The summed E-state index contributed by atoms with van der Waals surface area (Å²) in [4.78, 5) is 23.4. The summed E-state index contributed by atoms with van der Waals surface area (Å²) in [6, 6.07) is 9.07. The number of amides is 1. The lowest BCUT2D eigenvalue weighted by molar-refractivity contribution is -0.115. The summed E-state index contributed by atoms with van der Waals surface area (Å²) in [6.45, 7) is 1.30. The molecule has 27 heavy (non-hydrogen) atoms. The van der Waals surface area contributed by atoms with E-state index in [1.165, 1.54) is 36.4 Å². The zero-order chi connectivity index (χ0) is 20.0. The van der Waals surface area contributed by atoms with Crippen molar-refractivity contribution in [2.24, 2.45) is 0 Å². The molecule has 0 radical (unpaired) electrons. The fourth-order valence-electron chi connectivity index (χ4n) is 2.07. The molecule has 144 valence electrons. The van der Waals surface area contributed by atoms with Gasteiger partial charge < -0.3 is 10.1 Å². The maximum absolute atomic E-state index is 13.1. The maximum Gasteiger partial charge on any atom is 0.338 e. The van der Waals surface area contributed by atoms with Crippen LogP contribution in [-0.2, 0) is 19.6 Å². The van der Waals surface area contributed by atoms with Crippen LogP contribution in [0.15, 0.2) is 51.8 Å². The van der Waals surface area contributed by atoms with Gasteiger partial charge in [-0.15, -0.1) is 0 Å². The lowest BCUT2D eigenvalue weighted by Gasteiger charge is -2.10. The molecule has 1 amide bonds. The average Bonchev–Trinajstić information content (AvgIpc) is 2.60. The van der Waals surface area contributed by atoms with Gasteiger partial charge in [0.05, 0.1) is 23.6 Å². The molecule has 2 rings (SSSR count). The van der Waals surface area contributed by atoms with Crippen LogP contribution in [-0.4, -0.2) is 33.4 Å². The number of carbonyl (C=O) groups is 2. The highest BCUT2D eigenvalue weighted by molar-refractivity contribution is 9.10. The minimum absolute atomic E-state index is 0.144. The van der Waals surface area contributed by atoms with Crippen molar-refractivity contribution in [1.29, 1.82) is 0 Å². The highest BCUT2D eigenvalue weighted by Crippen LogP contribution is 2.23. The van der Waals surface area contributed by atoms with E-state index in [9.17, 15) is 22.4 Å². The van der Waals surface area contributed by atoms with Gasteiger partial charge in [-0.3, -0.25) is 4.79 Å². The number of ether oxygens (including phenoxy) is 1. The van der Waals surface area contributed by atoms with Crippen molar-refractivity contribution >= 4 is 43.5 Å². The van der Waals surface area contributed by atoms with E-state index >= 15 is 0 Å². The number of hydrogen-bond donors (Lipinski definition) is 2. The van der Waals surface area contributed by atoms with Crippen LogP contribution in [0.2, 0.25) is 0 Å². The molecule has 0 atom stereocenters. The Morgan fingerprint density at radius 2 is 1.93 bits per heavy atom. The quantitative estimate of drug-likeness (QED) is 0.621. The van der Waals surface area contributed by atoms with Gasteiger partial charge in [0.2, 0.25) is 15.9 Å². The largest absolute Gasteiger partial charge is 0.462 e. The smallest absolute Gasteiger partial charge is 0.338 e. The summed E-state index contributed by atoms with van der Waals surface area (Å²) >= 11 is 3.10. The van der Waals surface area contributed by atoms with Gasteiger partial charge in [-0.05, 0) is 59.3 Å². The number of rotatable bonds is 7. The second kappa shape index (κ2) is 9.07. The van der Waals surface area contributed by atoms with E-state index in [4.69, 9.17) is 4.74 Å². The molecule has 0 spiro atoms. The van der Waals surface area contributed by atoms with E-state index in [0.717, 1.165) is 6.07 Å². The van der Waals surface area contributed by atoms with Crippen molar-refractivity contribution in [2.45, 2.75) is 11.8 Å². The van der Waals surface area contributed by atoms with Gasteiger partial charge in [-0.1, -0.05) is 6.07 Å². The van der Waals surface area contributed by atoms with Crippen molar-refractivity contribution in [3.05, 3.63) is 58.3 Å². The predicted molar refractivity (Wildman–Crippen MR) is 100 cm³/mol. The van der Waals surface area contributed by atoms with Crippen molar-refractivity contribution in [2.75, 3.05) is 18.5 Å². The summed E-state index contributed by atoms with van der Waals surface area (Å²) < 4.78 is 45.0. The van der Waals surface area contributed by atoms with Crippen LogP contribution in [0.1, 0.15) is 17.3 Å². The van der Waals surface area contributed by atoms with Gasteiger partial charge in [0.15, 0.2) is 0 Å². The predicted octanol–water partition coefficient (Wildman–Crippen LogP) is 2.68. The van der Waals surface area contributed by atoms with Crippen LogP contribution < -0.4 is 10.0 Å². The first-order valence-corrected chi connectivity index (χ1v) is 10.0. The van der Waals surface area contributed by atoms with E-state index in [-0.39, 0.29) is 27.2 Å². The molecule has 2 N–H and O–H groups in total. The molecule has 0 aromatic heterocycles. The van der Waals surface area contributed by atoms with Crippen LogP contribution in [0.5, 0.6) is 0 Å². The number of nitrogens with one attached hydrogen (secondary N) is 2. The molecule has 2 aromatic carbocycles. The Labute approximate surface area is 164 Å². The van der Waals surface area contributed by atoms with Crippen molar-refractivity contribution in [3.8, 4) is 0 Å². The topological polar surface area (TPSA) is 102 Å². The minimum atomic E-state index is -4.03. The Hall–Kier alpha value is -2.30. The molecule has 0 bridgehead atoms. The van der Waals surface area contributed by atoms with Crippen molar-refractivity contribution in [3.63, 3.8) is 0 Å². The third-order valence-electron chi connectivity index (χ3n) is 3.26. The number of benzene rings is 2. The van der Waals surface area contributed by atoms with Crippen LogP contribution in [0.3, 0.4) is 0 Å². The summed E-state index contributed by atoms with van der Waals surface area (Å²) in [5.41, 5.74) is 0.394. The van der Waals surface area contributed by atoms with Gasteiger partial charge in [-0.25, -0.2) is 22.3 Å². The summed E-state index contributed by atoms with van der Waals surface area (Å²) in [5.74, 6) is -1.77. The molecule has 0 aliphatic rings. The van der Waals surface area contributed by atoms with Crippen LogP contribution >= 0.6 is 15.9 Å². The van der Waals surface area contributed by atoms with Gasteiger partial charge in [0.1, 0.15) is 5.82 Å². The first kappa shape index (κ1) is 21.0. The molecule has 0 aliphatic heterocycles. The second-order valence-corrected chi connectivity index (χ2v) is 7.84. The summed E-state index contributed by atoms with van der Waals surface area (Å²) in [7, 11) is -4.03. The molecule has 2 aromatic rings. The second-order valence-electron chi connectivity index (χ2n) is 5.25. The fraction of sp³-hybridized carbons (Fsp3) is 0.176. The van der Waals surface area contributed by atoms with Crippen LogP contribution in [0, 0.1) is 5.82 Å². The Morgan fingerprint density at radius 1 is 1.19 bits per heavy atom. The number of anilines is 1. The van der Waals surface area contributed by atoms with Gasteiger partial charge >= 0.3 is 5.97 Å². The SMILES string of the molecule is CCOC(=O)c1ccc(S(=O)(=O)NCC(=O)Nc2cccc(F)c2)c(Br)c1. The standard InChI is InChI=1S/C17H16BrFN2O5S/c1-2-26-17(23)11-6-7-15(14(18)8-11)27(24,25)20-10-16(22)21-13-5-3-4-12(19)9-13/h3-9,20H,2,10H2,1H3,(H,21,22). The molecular formula is C17H16BrFN2O5S. The van der Waals surface area contributed by atoms with Crippen molar-refractivity contribution < 1.29 is 27.1 Å². The molecule has 0 saturated carbocycles. The first-order valence-electron chi connectivity index (χ1n) is 7.74. The van der Waals surface area contributed by atoms with E-state index in [1.54, 1.807) is 6.92 Å². The molecule has 0 saturated heterocycles. The third-order valence-corrected chi connectivity index (χ3v) is 5.64. The van der Waals surface area contributed by atoms with Crippen molar-refractivity contribution in [1.82, 2.24) is 4.72 Å². The Morgan fingerprint density at radius 3 is 2.56 bits per heavy atom. The van der Waals surface area contributed by atoms with E-state index in [1.807, 2.05) is 0 Å². The molecule has 0 fully saturated rings. The lowest BCUT2D eigenvalue weighted by Crippen LogP contribution is -2.33. The van der Waals surface area contributed by atoms with Crippen LogP contribution in [0.4, 0.5) is 10.1 Å². The van der Waals surface area contributed by atoms with Gasteiger partial charge in [-0.2, -0.15) is 0 Å². The van der Waals surface area contributed by atoms with Gasteiger partial charge in [0, 0.05) is 10.2 Å². The Kier molecular flexibility index (Phi) is 7.05. The average molecular weight is 459 g/mol. The number of sulfonamides is 1. The highest BCUT2D eigenvalue weighted by atomic mass is 79.9. The molecule has 0 aliphatic carbocycles. The maximum atomic E-state index is 13.1. The molecule has 0 unspecified atom stereocenters.